The standard InChI is InChI=1S/C6H17NSi/c1-4-7(5-2)6(3)8/h6H,4-5H2,1-3,8H3. The molecule has 0 spiro atoms. The first kappa shape index (κ1) is 8.18. The summed E-state index contributed by atoms with van der Waals surface area (Å²) < 4.78 is 0. The normalized spacial score (nSPS) is 15.0. The van der Waals surface area contributed by atoms with E-state index in [1.54, 1.807) is 0 Å². The van der Waals surface area contributed by atoms with E-state index in [-0.39, 0.29) is 0 Å². The third-order valence-corrected chi connectivity index (χ3v) is 2.27. The highest BCUT2D eigenvalue weighted by atomic mass is 28.1. The van der Waals surface area contributed by atoms with Gasteiger partial charge in [-0.3, -0.25) is 0 Å². The minimum Gasteiger partial charge on any atom is -0.305 e. The number of rotatable bonds is 3. The van der Waals surface area contributed by atoms with Crippen LogP contribution in [0.5, 0.6) is 0 Å². The second kappa shape index (κ2) is 4.10. The molecule has 0 radical (unpaired) electrons. The van der Waals surface area contributed by atoms with E-state index in [4.69, 9.17) is 0 Å². The Morgan fingerprint density at radius 3 is 1.75 bits per heavy atom. The summed E-state index contributed by atoms with van der Waals surface area (Å²) in [4.78, 5) is 2.48. The summed E-state index contributed by atoms with van der Waals surface area (Å²) in [6.07, 6.45) is 0. The summed E-state index contributed by atoms with van der Waals surface area (Å²) in [6, 6.07) is 0. The molecular weight excluding hydrogens is 114 g/mol. The molecule has 50 valence electrons. The van der Waals surface area contributed by atoms with Gasteiger partial charge in [-0.15, -0.1) is 0 Å². The smallest absolute Gasteiger partial charge is 0.0241 e. The Bertz CT molecular complexity index is 50.5. The Hall–Kier alpha value is 0.177. The predicted molar refractivity (Wildman–Crippen MR) is 42.3 cm³/mol. The highest BCUT2D eigenvalue weighted by Crippen LogP contribution is 1.90. The van der Waals surface area contributed by atoms with Gasteiger partial charge in [0.2, 0.25) is 0 Å². The van der Waals surface area contributed by atoms with Crippen molar-refractivity contribution in [3.05, 3.63) is 0 Å². The van der Waals surface area contributed by atoms with Crippen LogP contribution in [-0.2, 0) is 0 Å². The Morgan fingerprint density at radius 2 is 1.75 bits per heavy atom. The zero-order chi connectivity index (χ0) is 6.57. The van der Waals surface area contributed by atoms with Gasteiger partial charge < -0.3 is 4.90 Å². The Balaban J connectivity index is 3.35. The van der Waals surface area contributed by atoms with Gasteiger partial charge in [0.1, 0.15) is 0 Å². The molecule has 1 unspecified atom stereocenters. The highest BCUT2D eigenvalue weighted by molar-refractivity contribution is 6.11. The zero-order valence-corrected chi connectivity index (χ0v) is 8.44. The van der Waals surface area contributed by atoms with Crippen molar-refractivity contribution in [3.8, 4) is 0 Å². The third-order valence-electron chi connectivity index (χ3n) is 1.54. The quantitative estimate of drug-likeness (QED) is 0.489. The summed E-state index contributed by atoms with van der Waals surface area (Å²) in [7, 11) is 1.30. The SMILES string of the molecule is CCN(CC)C(C)[SiH3]. The Labute approximate surface area is 55.5 Å². The van der Waals surface area contributed by atoms with E-state index in [0.29, 0.717) is 0 Å². The second-order valence-corrected chi connectivity index (χ2v) is 3.99. The first-order chi connectivity index (χ1) is 3.72. The maximum Gasteiger partial charge on any atom is 0.0241 e. The summed E-state index contributed by atoms with van der Waals surface area (Å²) in [5.41, 5.74) is 0.852. The van der Waals surface area contributed by atoms with Crippen molar-refractivity contribution in [3.63, 3.8) is 0 Å². The molecule has 0 saturated carbocycles. The van der Waals surface area contributed by atoms with Crippen LogP contribution in [0.2, 0.25) is 0 Å². The van der Waals surface area contributed by atoms with Crippen molar-refractivity contribution in [1.29, 1.82) is 0 Å². The van der Waals surface area contributed by atoms with E-state index in [9.17, 15) is 0 Å². The summed E-state index contributed by atoms with van der Waals surface area (Å²) in [5, 5.41) is 0. The molecule has 0 aromatic rings. The molecule has 0 saturated heterocycles. The van der Waals surface area contributed by atoms with Crippen molar-refractivity contribution in [1.82, 2.24) is 4.90 Å². The van der Waals surface area contributed by atoms with Crippen molar-refractivity contribution in [2.75, 3.05) is 13.1 Å². The van der Waals surface area contributed by atoms with Crippen LogP contribution >= 0.6 is 0 Å². The molecule has 2 heteroatoms. The lowest BCUT2D eigenvalue weighted by molar-refractivity contribution is 0.291. The minimum absolute atomic E-state index is 0.852. The van der Waals surface area contributed by atoms with Gasteiger partial charge in [0.15, 0.2) is 0 Å². The molecule has 0 bridgehead atoms. The molecule has 8 heavy (non-hydrogen) atoms. The summed E-state index contributed by atoms with van der Waals surface area (Å²) in [6.45, 7) is 9.15. The first-order valence-electron chi connectivity index (χ1n) is 3.46. The van der Waals surface area contributed by atoms with Gasteiger partial charge in [0.05, 0.1) is 0 Å². The fraction of sp³-hybridized carbons (Fsp3) is 1.00. The van der Waals surface area contributed by atoms with Gasteiger partial charge in [-0.25, -0.2) is 0 Å². The monoisotopic (exact) mass is 131 g/mol. The average molecular weight is 131 g/mol. The number of hydrogen-bond acceptors (Lipinski definition) is 1. The molecule has 1 atom stereocenters. The second-order valence-electron chi connectivity index (χ2n) is 2.31. The first-order valence-corrected chi connectivity index (χ1v) is 4.61. The Morgan fingerprint density at radius 1 is 1.38 bits per heavy atom. The lowest BCUT2D eigenvalue weighted by Crippen LogP contribution is -2.32. The van der Waals surface area contributed by atoms with Crippen LogP contribution in [0.25, 0.3) is 0 Å². The van der Waals surface area contributed by atoms with Gasteiger partial charge in [-0.2, -0.15) is 0 Å². The Kier molecular flexibility index (Phi) is 4.19. The van der Waals surface area contributed by atoms with Crippen molar-refractivity contribution in [2.45, 2.75) is 26.4 Å². The van der Waals surface area contributed by atoms with Gasteiger partial charge in [0, 0.05) is 10.2 Å². The molecule has 0 amide bonds. The minimum atomic E-state index is 0.852. The molecule has 0 rings (SSSR count). The molecular formula is C6H17NSi. The maximum absolute atomic E-state index is 2.48. The van der Waals surface area contributed by atoms with Crippen LogP contribution in [0.15, 0.2) is 0 Å². The van der Waals surface area contributed by atoms with Crippen LogP contribution < -0.4 is 0 Å². The van der Waals surface area contributed by atoms with E-state index < -0.39 is 0 Å². The molecule has 1 nitrogen and oxygen atoms in total. The van der Waals surface area contributed by atoms with E-state index in [1.807, 2.05) is 0 Å². The molecule has 0 aromatic carbocycles. The summed E-state index contributed by atoms with van der Waals surface area (Å²) in [5.74, 6) is 0. The molecule has 0 heterocycles. The predicted octanol–water partition coefficient (Wildman–Crippen LogP) is 0.0396. The lowest BCUT2D eigenvalue weighted by Gasteiger charge is -2.22. The van der Waals surface area contributed by atoms with Crippen LogP contribution in [-0.4, -0.2) is 33.9 Å². The van der Waals surface area contributed by atoms with Crippen LogP contribution in [0.1, 0.15) is 20.8 Å². The molecule has 0 fully saturated rings. The molecule has 0 aromatic heterocycles. The molecule has 0 aliphatic rings. The number of nitrogens with zero attached hydrogens (tertiary/aromatic N) is 1. The lowest BCUT2D eigenvalue weighted by atomic mass is 10.5. The van der Waals surface area contributed by atoms with E-state index in [0.717, 1.165) is 5.67 Å². The van der Waals surface area contributed by atoms with Crippen molar-refractivity contribution >= 4 is 10.2 Å². The largest absolute Gasteiger partial charge is 0.305 e. The van der Waals surface area contributed by atoms with E-state index in [1.165, 1.54) is 23.3 Å². The average Bonchev–Trinajstić information content (AvgIpc) is 1.69. The summed E-state index contributed by atoms with van der Waals surface area (Å²) >= 11 is 0. The van der Waals surface area contributed by atoms with Gasteiger partial charge in [-0.05, 0) is 18.8 Å². The van der Waals surface area contributed by atoms with E-state index >= 15 is 0 Å². The van der Waals surface area contributed by atoms with Crippen molar-refractivity contribution in [2.24, 2.45) is 0 Å². The molecule has 0 aliphatic carbocycles. The van der Waals surface area contributed by atoms with Gasteiger partial charge in [0.25, 0.3) is 0 Å². The van der Waals surface area contributed by atoms with Crippen LogP contribution in [0.3, 0.4) is 0 Å². The van der Waals surface area contributed by atoms with Crippen LogP contribution in [0, 0.1) is 0 Å². The molecule has 0 N–H and O–H groups in total. The zero-order valence-electron chi connectivity index (χ0n) is 6.44. The van der Waals surface area contributed by atoms with E-state index in [2.05, 4.69) is 25.7 Å². The number of hydrogen-bond donors (Lipinski definition) is 0. The van der Waals surface area contributed by atoms with Gasteiger partial charge >= 0.3 is 0 Å². The third kappa shape index (κ3) is 2.48. The highest BCUT2D eigenvalue weighted by Gasteiger charge is 2.00. The maximum atomic E-state index is 2.48. The fourth-order valence-electron chi connectivity index (χ4n) is 0.954. The van der Waals surface area contributed by atoms with Crippen LogP contribution in [0.4, 0.5) is 0 Å². The van der Waals surface area contributed by atoms with Gasteiger partial charge in [-0.1, -0.05) is 20.8 Å². The van der Waals surface area contributed by atoms with Crippen molar-refractivity contribution < 1.29 is 0 Å². The molecule has 0 aliphatic heterocycles. The topological polar surface area (TPSA) is 3.24 Å². The fourth-order valence-corrected chi connectivity index (χ4v) is 1.68.